The average Bonchev–Trinajstić information content (AvgIpc) is 3.37. The molecule has 0 radical (unpaired) electrons. The van der Waals surface area contributed by atoms with Crippen LogP contribution in [0.15, 0.2) is 0 Å². The van der Waals surface area contributed by atoms with E-state index in [1.165, 1.54) is 9.80 Å². The quantitative estimate of drug-likeness (QED) is 0.0199. The monoisotopic (exact) mass is 1090 g/mol. The Balaban J connectivity index is 4.46. The molecule has 12 atom stereocenters. The summed E-state index contributed by atoms with van der Waals surface area (Å²) < 4.78 is 48.6. The van der Waals surface area contributed by atoms with Crippen LogP contribution in [-0.2, 0) is 47.4 Å². The van der Waals surface area contributed by atoms with Crippen molar-refractivity contribution in [2.45, 2.75) is 99.1 Å². The number of likely N-dealkylation sites (N-methyl/N-ethyl adjacent to an activating group) is 1. The first-order chi connectivity index (χ1) is 35.4. The molecule has 74 heavy (non-hydrogen) atoms. The highest BCUT2D eigenvalue weighted by molar-refractivity contribution is 5.76. The minimum atomic E-state index is -1.91. The predicted octanol–water partition coefficient (Wildman–Crippen LogP) is -9.03. The summed E-state index contributed by atoms with van der Waals surface area (Å²) in [6.07, 6.45) is -18.7. The predicted molar refractivity (Wildman–Crippen MR) is 257 cm³/mol. The Hall–Kier alpha value is -1.61. The molecule has 0 fully saturated rings. The van der Waals surface area contributed by atoms with Gasteiger partial charge < -0.3 is 134 Å². The molecule has 29 nitrogen and oxygen atoms in total. The highest BCUT2D eigenvalue weighted by atomic mass is 16.7. The van der Waals surface area contributed by atoms with Crippen LogP contribution in [0.4, 0.5) is 0 Å². The van der Waals surface area contributed by atoms with E-state index in [1.807, 2.05) is 0 Å². The van der Waals surface area contributed by atoms with E-state index in [1.54, 1.807) is 11.9 Å². The third kappa shape index (κ3) is 36.5. The maximum atomic E-state index is 13.1. The summed E-state index contributed by atoms with van der Waals surface area (Å²) in [7, 11) is 1.73. The molecule has 0 aromatic rings. The topological polar surface area (TPSA) is 434 Å². The van der Waals surface area contributed by atoms with Crippen molar-refractivity contribution in [1.82, 2.24) is 14.7 Å². The summed E-state index contributed by atoms with van der Waals surface area (Å²) in [5.41, 5.74) is 0. The van der Waals surface area contributed by atoms with E-state index < -0.39 is 106 Å². The third-order valence-electron chi connectivity index (χ3n) is 11.1. The van der Waals surface area contributed by atoms with E-state index in [0.717, 1.165) is 0 Å². The first kappa shape index (κ1) is 72.4. The van der Waals surface area contributed by atoms with Crippen molar-refractivity contribution in [1.29, 1.82) is 0 Å². The van der Waals surface area contributed by atoms with Crippen LogP contribution in [0.5, 0.6) is 0 Å². The Kier molecular flexibility index (Phi) is 46.4. The van der Waals surface area contributed by atoms with Crippen LogP contribution in [0.3, 0.4) is 0 Å². The molecule has 29 heteroatoms. The number of rotatable bonds is 54. The van der Waals surface area contributed by atoms with Gasteiger partial charge in [-0.25, -0.2) is 0 Å². The van der Waals surface area contributed by atoms with E-state index in [0.29, 0.717) is 26.4 Å². The Labute approximate surface area is 433 Å². The van der Waals surface area contributed by atoms with Gasteiger partial charge in [-0.1, -0.05) is 0 Å². The van der Waals surface area contributed by atoms with Gasteiger partial charge >= 0.3 is 0 Å². The van der Waals surface area contributed by atoms with E-state index >= 15 is 0 Å². The van der Waals surface area contributed by atoms with E-state index in [2.05, 4.69) is 4.74 Å². The SMILES string of the molecule is CN(CCOCCOCCOCCOCCN(CC(O)C(O)C(O)OCO)C(=O)CCOCCOCCOCCOCCN(CC(O)C(O)C(O)CCO)CC(O)C(O)C(O)CCO)CC(O)C(O)C(O)CCO. The van der Waals surface area contributed by atoms with Crippen LogP contribution >= 0.6 is 0 Å². The summed E-state index contributed by atoms with van der Waals surface area (Å²) in [5.74, 6) is -0.452. The number of carbonyl (C=O) groups excluding carboxylic acids is 1. The van der Waals surface area contributed by atoms with Crippen molar-refractivity contribution in [3.8, 4) is 0 Å². The number of aliphatic hydroxyl groups excluding tert-OH is 16. The number of hydrogen-bond donors (Lipinski definition) is 16. The first-order valence-corrected chi connectivity index (χ1v) is 25.0. The van der Waals surface area contributed by atoms with Crippen molar-refractivity contribution in [2.24, 2.45) is 0 Å². The highest BCUT2D eigenvalue weighted by Gasteiger charge is 2.31. The summed E-state index contributed by atoms with van der Waals surface area (Å²) in [6.45, 7) is 0.752. The molecule has 12 unspecified atom stereocenters. The zero-order valence-corrected chi connectivity index (χ0v) is 42.9. The number of carbonyl (C=O) groups is 1. The van der Waals surface area contributed by atoms with E-state index in [4.69, 9.17) is 58.3 Å². The van der Waals surface area contributed by atoms with E-state index in [-0.39, 0.29) is 151 Å². The fourth-order valence-corrected chi connectivity index (χ4v) is 6.65. The van der Waals surface area contributed by atoms with Crippen LogP contribution < -0.4 is 0 Å². The molecular formula is C45H93N3O26. The highest BCUT2D eigenvalue weighted by Crippen LogP contribution is 2.11. The Morgan fingerprint density at radius 1 is 0.378 bits per heavy atom. The summed E-state index contributed by atoms with van der Waals surface area (Å²) in [6, 6.07) is 0. The second-order valence-electron chi connectivity index (χ2n) is 17.2. The molecule has 0 aromatic carbocycles. The molecular weight excluding hydrogens is 998 g/mol. The van der Waals surface area contributed by atoms with Crippen LogP contribution in [0, 0.1) is 0 Å². The van der Waals surface area contributed by atoms with Crippen LogP contribution in [0.25, 0.3) is 0 Å². The molecule has 0 spiro atoms. The van der Waals surface area contributed by atoms with Gasteiger partial charge in [0.2, 0.25) is 5.91 Å². The van der Waals surface area contributed by atoms with Crippen LogP contribution in [0.1, 0.15) is 25.7 Å². The second kappa shape index (κ2) is 47.4. The second-order valence-corrected chi connectivity index (χ2v) is 17.2. The molecule has 0 aromatic heterocycles. The fraction of sp³-hybridized carbons (Fsp3) is 0.978. The lowest BCUT2D eigenvalue weighted by Gasteiger charge is -2.32. The van der Waals surface area contributed by atoms with Crippen molar-refractivity contribution >= 4 is 5.91 Å². The molecule has 0 rings (SSSR count). The van der Waals surface area contributed by atoms with Crippen molar-refractivity contribution in [2.75, 3.05) is 185 Å². The molecule has 444 valence electrons. The summed E-state index contributed by atoms with van der Waals surface area (Å²) >= 11 is 0. The zero-order valence-electron chi connectivity index (χ0n) is 42.9. The van der Waals surface area contributed by atoms with Crippen molar-refractivity contribution in [3.05, 3.63) is 0 Å². The molecule has 0 aliphatic heterocycles. The molecule has 0 aliphatic carbocycles. The van der Waals surface area contributed by atoms with Crippen molar-refractivity contribution < 1.29 is 129 Å². The number of aliphatic hydroxyl groups is 16. The van der Waals surface area contributed by atoms with Crippen LogP contribution in [0.2, 0.25) is 0 Å². The molecule has 0 saturated carbocycles. The molecule has 0 saturated heterocycles. The van der Waals surface area contributed by atoms with Crippen LogP contribution in [-0.4, -0.2) is 361 Å². The molecule has 0 aliphatic rings. The van der Waals surface area contributed by atoms with E-state index in [9.17, 15) is 66.1 Å². The third-order valence-corrected chi connectivity index (χ3v) is 11.1. The van der Waals surface area contributed by atoms with Gasteiger partial charge in [0.05, 0.1) is 149 Å². The van der Waals surface area contributed by atoms with Gasteiger partial charge in [0.25, 0.3) is 0 Å². The zero-order chi connectivity index (χ0) is 55.5. The Bertz CT molecular complexity index is 1240. The Morgan fingerprint density at radius 3 is 1.08 bits per heavy atom. The molecule has 1 amide bonds. The maximum absolute atomic E-state index is 13.1. The first-order valence-electron chi connectivity index (χ1n) is 25.0. The fourth-order valence-electron chi connectivity index (χ4n) is 6.65. The molecule has 16 N–H and O–H groups in total. The standard InChI is InChI=1S/C45H93N3O26/c1-46(28-36(56)41(61)33(53)2-9-49)6-13-67-17-21-71-26-27-73-23-19-69-15-8-48(31-39(59)44(64)45(65)74-32-52)40(60)5-12-66-16-20-70-24-25-72-22-18-68-14-7-47(29-37(57)42(62)34(54)3-10-50)30-38(58)43(63)35(55)4-11-51/h33-39,41-45,49-59,61-65H,2-32H2,1H3. The smallest absolute Gasteiger partial charge is 0.225 e. The summed E-state index contributed by atoms with van der Waals surface area (Å²) in [5, 5.41) is 157. The van der Waals surface area contributed by atoms with Gasteiger partial charge in [-0.3, -0.25) is 9.69 Å². The van der Waals surface area contributed by atoms with Crippen molar-refractivity contribution in [3.63, 3.8) is 0 Å². The minimum Gasteiger partial charge on any atom is -0.396 e. The number of nitrogens with zero attached hydrogens (tertiary/aromatic N) is 3. The lowest BCUT2D eigenvalue weighted by atomic mass is 10.0. The summed E-state index contributed by atoms with van der Waals surface area (Å²) in [4.78, 5) is 17.5. The minimum absolute atomic E-state index is 0.00265. The van der Waals surface area contributed by atoms with Gasteiger partial charge in [-0.05, 0) is 26.3 Å². The normalized spacial score (nSPS) is 17.2. The van der Waals surface area contributed by atoms with Gasteiger partial charge in [0, 0.05) is 65.6 Å². The average molecular weight is 1090 g/mol. The number of amides is 1. The maximum Gasteiger partial charge on any atom is 0.225 e. The van der Waals surface area contributed by atoms with Gasteiger partial charge in [-0.15, -0.1) is 0 Å². The largest absolute Gasteiger partial charge is 0.396 e. The number of ether oxygens (including phenoxy) is 9. The molecule has 0 bridgehead atoms. The molecule has 0 heterocycles. The van der Waals surface area contributed by atoms with Gasteiger partial charge in [0.15, 0.2) is 6.29 Å². The van der Waals surface area contributed by atoms with Gasteiger partial charge in [-0.2, -0.15) is 0 Å². The number of hydrogen-bond acceptors (Lipinski definition) is 28. The Morgan fingerprint density at radius 2 is 0.703 bits per heavy atom. The lowest BCUT2D eigenvalue weighted by molar-refractivity contribution is -0.217. The lowest BCUT2D eigenvalue weighted by Crippen LogP contribution is -2.50. The van der Waals surface area contributed by atoms with Gasteiger partial charge in [0.1, 0.15) is 37.3 Å².